The molecule has 0 saturated heterocycles. The SMILES string of the molecule is C[C@H]1CC[C@H]([C@@H](C)C=O)C1C(=O)O. The number of hydrogen-bond donors (Lipinski definition) is 1. The fraction of sp³-hybridized carbons (Fsp3) is 0.800. The maximum atomic E-state index is 10.9. The van der Waals surface area contributed by atoms with Crippen LogP contribution in [0, 0.1) is 23.7 Å². The molecule has 13 heavy (non-hydrogen) atoms. The number of carboxylic acid groups (broad SMARTS) is 1. The van der Waals surface area contributed by atoms with Crippen molar-refractivity contribution in [1.82, 2.24) is 0 Å². The molecule has 1 unspecified atom stereocenters. The summed E-state index contributed by atoms with van der Waals surface area (Å²) in [6, 6.07) is 0. The Morgan fingerprint density at radius 2 is 2.15 bits per heavy atom. The van der Waals surface area contributed by atoms with E-state index in [0.717, 1.165) is 19.1 Å². The quantitative estimate of drug-likeness (QED) is 0.677. The first-order valence-electron chi connectivity index (χ1n) is 4.76. The molecule has 0 aromatic rings. The average molecular weight is 184 g/mol. The molecule has 0 aromatic carbocycles. The Morgan fingerprint density at radius 3 is 2.62 bits per heavy atom. The van der Waals surface area contributed by atoms with Crippen LogP contribution in [0.2, 0.25) is 0 Å². The Balaban J connectivity index is 2.75. The molecule has 0 radical (unpaired) electrons. The summed E-state index contributed by atoms with van der Waals surface area (Å²) in [4.78, 5) is 21.5. The van der Waals surface area contributed by atoms with E-state index in [4.69, 9.17) is 5.11 Å². The molecule has 3 heteroatoms. The second-order valence-corrected chi connectivity index (χ2v) is 4.08. The van der Waals surface area contributed by atoms with Gasteiger partial charge in [0.2, 0.25) is 0 Å². The van der Waals surface area contributed by atoms with Crippen molar-refractivity contribution >= 4 is 12.3 Å². The Morgan fingerprint density at radius 1 is 1.54 bits per heavy atom. The summed E-state index contributed by atoms with van der Waals surface area (Å²) in [7, 11) is 0. The molecule has 1 aliphatic carbocycles. The predicted octanol–water partition coefficient (Wildman–Crippen LogP) is 1.57. The number of aldehydes is 1. The predicted molar refractivity (Wildman–Crippen MR) is 48.2 cm³/mol. The number of carboxylic acids is 1. The van der Waals surface area contributed by atoms with E-state index in [2.05, 4.69) is 0 Å². The number of carbonyl (C=O) groups is 2. The monoisotopic (exact) mass is 184 g/mol. The van der Waals surface area contributed by atoms with Gasteiger partial charge >= 0.3 is 5.97 Å². The van der Waals surface area contributed by atoms with Crippen molar-refractivity contribution in [3.63, 3.8) is 0 Å². The summed E-state index contributed by atoms with van der Waals surface area (Å²) in [5.41, 5.74) is 0. The van der Waals surface area contributed by atoms with E-state index in [9.17, 15) is 9.59 Å². The number of rotatable bonds is 3. The molecule has 0 aromatic heterocycles. The van der Waals surface area contributed by atoms with Crippen molar-refractivity contribution in [2.24, 2.45) is 23.7 Å². The Hall–Kier alpha value is -0.860. The Bertz CT molecular complexity index is 212. The van der Waals surface area contributed by atoms with Gasteiger partial charge in [-0.25, -0.2) is 0 Å². The number of hydrogen-bond acceptors (Lipinski definition) is 2. The lowest BCUT2D eigenvalue weighted by atomic mass is 9.83. The lowest BCUT2D eigenvalue weighted by Gasteiger charge is -2.20. The van der Waals surface area contributed by atoms with Gasteiger partial charge in [0.05, 0.1) is 5.92 Å². The normalized spacial score (nSPS) is 35.7. The summed E-state index contributed by atoms with van der Waals surface area (Å²) >= 11 is 0. The number of carbonyl (C=O) groups excluding carboxylic acids is 1. The highest BCUT2D eigenvalue weighted by Crippen LogP contribution is 2.40. The van der Waals surface area contributed by atoms with Crippen LogP contribution in [0.15, 0.2) is 0 Å². The van der Waals surface area contributed by atoms with Gasteiger partial charge in [-0.1, -0.05) is 13.8 Å². The lowest BCUT2D eigenvalue weighted by molar-refractivity contribution is -0.145. The zero-order valence-electron chi connectivity index (χ0n) is 8.06. The van der Waals surface area contributed by atoms with E-state index in [-0.39, 0.29) is 23.7 Å². The molecule has 0 spiro atoms. The molecule has 3 nitrogen and oxygen atoms in total. The third kappa shape index (κ3) is 1.90. The van der Waals surface area contributed by atoms with Crippen LogP contribution in [-0.4, -0.2) is 17.4 Å². The van der Waals surface area contributed by atoms with Crippen molar-refractivity contribution < 1.29 is 14.7 Å². The van der Waals surface area contributed by atoms with Gasteiger partial charge in [0.25, 0.3) is 0 Å². The van der Waals surface area contributed by atoms with Crippen molar-refractivity contribution in [2.75, 3.05) is 0 Å². The molecule has 74 valence electrons. The van der Waals surface area contributed by atoms with Crippen LogP contribution in [0.25, 0.3) is 0 Å². The minimum Gasteiger partial charge on any atom is -0.481 e. The van der Waals surface area contributed by atoms with E-state index in [1.165, 1.54) is 0 Å². The minimum atomic E-state index is -0.747. The Labute approximate surface area is 78.1 Å². The highest BCUT2D eigenvalue weighted by atomic mass is 16.4. The maximum absolute atomic E-state index is 10.9. The van der Waals surface area contributed by atoms with Gasteiger partial charge in [-0.2, -0.15) is 0 Å². The highest BCUT2D eigenvalue weighted by molar-refractivity contribution is 5.72. The molecule has 0 bridgehead atoms. The summed E-state index contributed by atoms with van der Waals surface area (Å²) in [6.07, 6.45) is 2.68. The topological polar surface area (TPSA) is 54.4 Å². The second kappa shape index (κ2) is 3.90. The zero-order valence-corrected chi connectivity index (χ0v) is 8.06. The van der Waals surface area contributed by atoms with Crippen molar-refractivity contribution in [1.29, 1.82) is 0 Å². The van der Waals surface area contributed by atoms with Crippen LogP contribution < -0.4 is 0 Å². The van der Waals surface area contributed by atoms with Gasteiger partial charge in [-0.05, 0) is 24.7 Å². The van der Waals surface area contributed by atoms with E-state index in [0.29, 0.717) is 0 Å². The number of aliphatic carboxylic acids is 1. The fourth-order valence-electron chi connectivity index (χ4n) is 2.35. The van der Waals surface area contributed by atoms with Gasteiger partial charge in [0.1, 0.15) is 6.29 Å². The molecular formula is C10H16O3. The molecule has 1 aliphatic rings. The second-order valence-electron chi connectivity index (χ2n) is 4.08. The maximum Gasteiger partial charge on any atom is 0.307 e. The van der Waals surface area contributed by atoms with Crippen molar-refractivity contribution in [3.8, 4) is 0 Å². The van der Waals surface area contributed by atoms with E-state index < -0.39 is 5.97 Å². The first-order chi connectivity index (χ1) is 6.07. The van der Waals surface area contributed by atoms with Gasteiger partial charge in [-0.15, -0.1) is 0 Å². The van der Waals surface area contributed by atoms with Gasteiger partial charge < -0.3 is 9.90 Å². The molecule has 4 atom stereocenters. The summed E-state index contributed by atoms with van der Waals surface area (Å²) in [5, 5.41) is 8.98. The van der Waals surface area contributed by atoms with Crippen LogP contribution in [0.5, 0.6) is 0 Å². The van der Waals surface area contributed by atoms with Crippen LogP contribution >= 0.6 is 0 Å². The third-order valence-corrected chi connectivity index (χ3v) is 3.20. The Kier molecular flexibility index (Phi) is 3.07. The summed E-state index contributed by atoms with van der Waals surface area (Å²) < 4.78 is 0. The average Bonchev–Trinajstić information content (AvgIpc) is 2.45. The highest BCUT2D eigenvalue weighted by Gasteiger charge is 2.40. The molecule has 1 rings (SSSR count). The summed E-state index contributed by atoms with van der Waals surface area (Å²) in [5.74, 6) is -0.926. The van der Waals surface area contributed by atoms with E-state index in [1.54, 1.807) is 0 Å². The van der Waals surface area contributed by atoms with E-state index >= 15 is 0 Å². The van der Waals surface area contributed by atoms with Gasteiger partial charge in [0, 0.05) is 5.92 Å². The molecule has 0 aliphatic heterocycles. The standard InChI is InChI=1S/C10H16O3/c1-6-3-4-8(7(2)5-11)9(6)10(12)13/h5-9H,3-4H2,1-2H3,(H,12,13)/t6-,7-,8+,9?/m0/s1. The summed E-state index contributed by atoms with van der Waals surface area (Å²) in [6.45, 7) is 3.77. The first-order valence-corrected chi connectivity index (χ1v) is 4.76. The smallest absolute Gasteiger partial charge is 0.307 e. The van der Waals surface area contributed by atoms with Crippen LogP contribution in [0.4, 0.5) is 0 Å². The van der Waals surface area contributed by atoms with Crippen LogP contribution in [0.1, 0.15) is 26.7 Å². The zero-order chi connectivity index (χ0) is 10.0. The lowest BCUT2D eigenvalue weighted by Crippen LogP contribution is -2.27. The van der Waals surface area contributed by atoms with Gasteiger partial charge in [-0.3, -0.25) is 4.79 Å². The minimum absolute atomic E-state index is 0.0463. The van der Waals surface area contributed by atoms with Crippen LogP contribution in [-0.2, 0) is 9.59 Å². The van der Waals surface area contributed by atoms with Crippen molar-refractivity contribution in [3.05, 3.63) is 0 Å². The fourth-order valence-corrected chi connectivity index (χ4v) is 2.35. The largest absolute Gasteiger partial charge is 0.481 e. The van der Waals surface area contributed by atoms with Gasteiger partial charge in [0.15, 0.2) is 0 Å². The van der Waals surface area contributed by atoms with Crippen molar-refractivity contribution in [2.45, 2.75) is 26.7 Å². The first kappa shape index (κ1) is 10.2. The molecule has 0 amide bonds. The molecule has 0 heterocycles. The third-order valence-electron chi connectivity index (χ3n) is 3.20. The molecule has 1 fully saturated rings. The van der Waals surface area contributed by atoms with E-state index in [1.807, 2.05) is 13.8 Å². The molecular weight excluding hydrogens is 168 g/mol. The molecule has 1 saturated carbocycles. The van der Waals surface area contributed by atoms with Crippen LogP contribution in [0.3, 0.4) is 0 Å². The molecule has 1 N–H and O–H groups in total.